The van der Waals surface area contributed by atoms with Crippen LogP contribution in [0.4, 0.5) is 10.1 Å². The van der Waals surface area contributed by atoms with Crippen molar-refractivity contribution in [3.05, 3.63) is 64.4 Å². The van der Waals surface area contributed by atoms with E-state index in [1.54, 1.807) is 12.1 Å². The van der Waals surface area contributed by atoms with Gasteiger partial charge in [-0.05, 0) is 48.7 Å². The minimum absolute atomic E-state index is 0.0508. The van der Waals surface area contributed by atoms with Crippen molar-refractivity contribution >= 4 is 29.2 Å². The van der Waals surface area contributed by atoms with E-state index in [0.717, 1.165) is 24.5 Å². The number of nitrogens with zero attached hydrogens (tertiary/aromatic N) is 1. The fourth-order valence-corrected chi connectivity index (χ4v) is 2.70. The van der Waals surface area contributed by atoms with Crippen molar-refractivity contribution in [2.45, 2.75) is 18.9 Å². The molecule has 1 aliphatic rings. The molecule has 1 amide bonds. The number of halogens is 2. The van der Waals surface area contributed by atoms with Crippen molar-refractivity contribution in [1.82, 2.24) is 0 Å². The van der Waals surface area contributed by atoms with Gasteiger partial charge in [0.2, 0.25) is 0 Å². The standard InChI is InChI=1S/C18H17ClFN3O2/c19-12-4-8-15(16(20)9-12)17(24)22-13-5-1-11(2-6-13)3-7-14-10-25-18(21)23-14/h1-2,4-6,8-9,14H,3,7,10H2,(H2,21,23)(H,22,24)/t14-/m0/s1. The average molecular weight is 362 g/mol. The molecule has 0 radical (unpaired) electrons. The lowest BCUT2D eigenvalue weighted by Gasteiger charge is -2.08. The van der Waals surface area contributed by atoms with Crippen LogP contribution in [0, 0.1) is 5.82 Å². The zero-order valence-corrected chi connectivity index (χ0v) is 14.1. The highest BCUT2D eigenvalue weighted by atomic mass is 35.5. The number of benzene rings is 2. The fraction of sp³-hybridized carbons (Fsp3) is 0.222. The lowest BCUT2D eigenvalue weighted by atomic mass is 10.1. The number of carbonyl (C=O) groups is 1. The summed E-state index contributed by atoms with van der Waals surface area (Å²) in [6, 6.07) is 11.7. The molecule has 1 atom stereocenters. The van der Waals surface area contributed by atoms with E-state index in [1.165, 1.54) is 12.1 Å². The second kappa shape index (κ2) is 7.53. The third-order valence-electron chi connectivity index (χ3n) is 3.89. The molecular weight excluding hydrogens is 345 g/mol. The van der Waals surface area contributed by atoms with Crippen molar-refractivity contribution in [2.24, 2.45) is 10.7 Å². The minimum atomic E-state index is -0.653. The second-order valence-electron chi connectivity index (χ2n) is 5.75. The first-order chi connectivity index (χ1) is 12.0. The van der Waals surface area contributed by atoms with E-state index in [9.17, 15) is 9.18 Å². The largest absolute Gasteiger partial charge is 0.463 e. The van der Waals surface area contributed by atoms with E-state index in [1.807, 2.05) is 12.1 Å². The van der Waals surface area contributed by atoms with Crippen molar-refractivity contribution in [1.29, 1.82) is 0 Å². The molecule has 3 N–H and O–H groups in total. The number of nitrogens with two attached hydrogens (primary N) is 1. The van der Waals surface area contributed by atoms with Crippen LogP contribution in [0.5, 0.6) is 0 Å². The molecule has 0 saturated carbocycles. The van der Waals surface area contributed by atoms with Crippen LogP contribution >= 0.6 is 11.6 Å². The SMILES string of the molecule is NC1=N[C@@H](CCc2ccc(NC(=O)c3ccc(Cl)cc3F)cc2)CO1. The van der Waals surface area contributed by atoms with Gasteiger partial charge in [0.05, 0.1) is 11.6 Å². The summed E-state index contributed by atoms with van der Waals surface area (Å²) in [6.45, 7) is 0.520. The third-order valence-corrected chi connectivity index (χ3v) is 4.12. The van der Waals surface area contributed by atoms with Crippen LogP contribution < -0.4 is 11.1 Å². The van der Waals surface area contributed by atoms with Gasteiger partial charge in [0.15, 0.2) is 0 Å². The monoisotopic (exact) mass is 361 g/mol. The topological polar surface area (TPSA) is 76.7 Å². The maximum atomic E-state index is 13.8. The molecule has 0 unspecified atom stereocenters. The Bertz CT molecular complexity index is 808. The molecule has 0 aliphatic carbocycles. The van der Waals surface area contributed by atoms with Gasteiger partial charge in [0.1, 0.15) is 12.4 Å². The van der Waals surface area contributed by atoms with Gasteiger partial charge in [0.25, 0.3) is 11.9 Å². The molecule has 2 aromatic rings. The van der Waals surface area contributed by atoms with Crippen LogP contribution in [0.15, 0.2) is 47.5 Å². The summed E-state index contributed by atoms with van der Waals surface area (Å²) in [5.41, 5.74) is 7.13. The molecule has 1 heterocycles. The summed E-state index contributed by atoms with van der Waals surface area (Å²) >= 11 is 5.69. The number of ether oxygens (including phenoxy) is 1. The molecular formula is C18H17ClFN3O2. The smallest absolute Gasteiger partial charge is 0.282 e. The molecule has 7 heteroatoms. The van der Waals surface area contributed by atoms with E-state index < -0.39 is 11.7 Å². The highest BCUT2D eigenvalue weighted by molar-refractivity contribution is 6.30. The first-order valence-electron chi connectivity index (χ1n) is 7.82. The van der Waals surface area contributed by atoms with E-state index >= 15 is 0 Å². The summed E-state index contributed by atoms with van der Waals surface area (Å²) in [5.74, 6) is -1.17. The molecule has 0 spiro atoms. The summed E-state index contributed by atoms with van der Waals surface area (Å²) in [6.07, 6.45) is 1.66. The van der Waals surface area contributed by atoms with Gasteiger partial charge in [-0.3, -0.25) is 4.79 Å². The van der Waals surface area contributed by atoms with Gasteiger partial charge in [-0.1, -0.05) is 23.7 Å². The second-order valence-corrected chi connectivity index (χ2v) is 6.18. The predicted octanol–water partition coefficient (Wildman–Crippen LogP) is 3.38. The van der Waals surface area contributed by atoms with Gasteiger partial charge >= 0.3 is 0 Å². The minimum Gasteiger partial charge on any atom is -0.463 e. The van der Waals surface area contributed by atoms with Crippen LogP contribution in [-0.2, 0) is 11.2 Å². The molecule has 130 valence electrons. The molecule has 3 rings (SSSR count). The summed E-state index contributed by atoms with van der Waals surface area (Å²) in [4.78, 5) is 16.3. The van der Waals surface area contributed by atoms with Crippen molar-refractivity contribution < 1.29 is 13.9 Å². The predicted molar refractivity (Wildman–Crippen MR) is 95.5 cm³/mol. The number of aryl methyl sites for hydroxylation is 1. The first-order valence-corrected chi connectivity index (χ1v) is 8.20. The fourth-order valence-electron chi connectivity index (χ4n) is 2.54. The molecule has 25 heavy (non-hydrogen) atoms. The maximum Gasteiger partial charge on any atom is 0.282 e. The van der Waals surface area contributed by atoms with E-state index in [4.69, 9.17) is 22.1 Å². The van der Waals surface area contributed by atoms with Crippen LogP contribution in [-0.4, -0.2) is 24.6 Å². The molecule has 0 saturated heterocycles. The maximum absolute atomic E-state index is 13.8. The lowest BCUT2D eigenvalue weighted by Crippen LogP contribution is -2.13. The van der Waals surface area contributed by atoms with Crippen molar-refractivity contribution in [3.8, 4) is 0 Å². The molecule has 2 aromatic carbocycles. The number of aliphatic imine (C=N–C) groups is 1. The Morgan fingerprint density at radius 2 is 2.08 bits per heavy atom. The van der Waals surface area contributed by atoms with Gasteiger partial charge < -0.3 is 15.8 Å². The highest BCUT2D eigenvalue weighted by Gasteiger charge is 2.16. The Kier molecular flexibility index (Phi) is 5.19. The summed E-state index contributed by atoms with van der Waals surface area (Å²) in [5, 5.41) is 2.92. The van der Waals surface area contributed by atoms with E-state index in [0.29, 0.717) is 12.3 Å². The summed E-state index contributed by atoms with van der Waals surface area (Å²) < 4.78 is 18.9. The Balaban J connectivity index is 1.57. The normalized spacial score (nSPS) is 16.2. The van der Waals surface area contributed by atoms with Crippen LogP contribution in [0.2, 0.25) is 5.02 Å². The average Bonchev–Trinajstić information content (AvgIpc) is 2.99. The molecule has 5 nitrogen and oxygen atoms in total. The van der Waals surface area contributed by atoms with E-state index in [-0.39, 0.29) is 22.6 Å². The number of anilines is 1. The first kappa shape index (κ1) is 17.2. The molecule has 0 aromatic heterocycles. The van der Waals surface area contributed by atoms with Crippen molar-refractivity contribution in [2.75, 3.05) is 11.9 Å². The zero-order chi connectivity index (χ0) is 17.8. The van der Waals surface area contributed by atoms with Gasteiger partial charge in [0, 0.05) is 10.7 Å². The Labute approximate surface area is 149 Å². The number of rotatable bonds is 5. The van der Waals surface area contributed by atoms with Crippen LogP contribution in [0.3, 0.4) is 0 Å². The van der Waals surface area contributed by atoms with Crippen molar-refractivity contribution in [3.63, 3.8) is 0 Å². The number of hydrogen-bond acceptors (Lipinski definition) is 4. The zero-order valence-electron chi connectivity index (χ0n) is 13.3. The number of nitrogens with one attached hydrogen (secondary N) is 1. The highest BCUT2D eigenvalue weighted by Crippen LogP contribution is 2.18. The molecule has 0 bridgehead atoms. The number of carbonyl (C=O) groups excluding carboxylic acids is 1. The van der Waals surface area contributed by atoms with Gasteiger partial charge in [-0.15, -0.1) is 0 Å². The van der Waals surface area contributed by atoms with Gasteiger partial charge in [-0.25, -0.2) is 9.38 Å². The molecule has 0 fully saturated rings. The van der Waals surface area contributed by atoms with E-state index in [2.05, 4.69) is 10.3 Å². The Morgan fingerprint density at radius 3 is 2.72 bits per heavy atom. The quantitative estimate of drug-likeness (QED) is 0.857. The number of hydrogen-bond donors (Lipinski definition) is 2. The lowest BCUT2D eigenvalue weighted by molar-refractivity contribution is 0.102. The molecule has 1 aliphatic heterocycles. The summed E-state index contributed by atoms with van der Waals surface area (Å²) in [7, 11) is 0. The Hall–Kier alpha value is -2.60. The van der Waals surface area contributed by atoms with Gasteiger partial charge in [-0.2, -0.15) is 0 Å². The Morgan fingerprint density at radius 1 is 1.32 bits per heavy atom. The third kappa shape index (κ3) is 4.48. The number of amidine groups is 1. The van der Waals surface area contributed by atoms with Crippen LogP contribution in [0.1, 0.15) is 22.3 Å². The number of amides is 1. The van der Waals surface area contributed by atoms with Crippen LogP contribution in [0.25, 0.3) is 0 Å².